The van der Waals surface area contributed by atoms with Crippen molar-refractivity contribution in [1.82, 2.24) is 9.21 Å². The molecular weight excluding hydrogens is 310 g/mol. The van der Waals surface area contributed by atoms with Gasteiger partial charge in [0.25, 0.3) is 0 Å². The fourth-order valence-corrected chi connectivity index (χ4v) is 5.81. The summed E-state index contributed by atoms with van der Waals surface area (Å²) >= 11 is 1.41. The number of hydrogen-bond acceptors (Lipinski definition) is 6. The fourth-order valence-electron chi connectivity index (χ4n) is 3.02. The van der Waals surface area contributed by atoms with E-state index in [1.807, 2.05) is 0 Å². The van der Waals surface area contributed by atoms with Gasteiger partial charge in [-0.2, -0.15) is 4.31 Å². The summed E-state index contributed by atoms with van der Waals surface area (Å²) in [6.45, 7) is 4.70. The number of nitrogens with zero attached hydrogens (tertiary/aromatic N) is 2. The molecule has 1 unspecified atom stereocenters. The van der Waals surface area contributed by atoms with Gasteiger partial charge in [0.15, 0.2) is 0 Å². The average molecular weight is 331 g/mol. The van der Waals surface area contributed by atoms with Crippen molar-refractivity contribution in [3.63, 3.8) is 0 Å². The number of ether oxygens (including phenoxy) is 1. The van der Waals surface area contributed by atoms with Crippen molar-refractivity contribution in [2.24, 2.45) is 5.73 Å². The van der Waals surface area contributed by atoms with Gasteiger partial charge >= 0.3 is 0 Å². The maximum atomic E-state index is 12.7. The first-order valence-corrected chi connectivity index (χ1v) is 9.53. The SMILES string of the molecule is NCc1sccc1S(=O)(=O)N1CCC(N2CCOCC2)C1. The summed E-state index contributed by atoms with van der Waals surface area (Å²) in [5.41, 5.74) is 5.64. The normalized spacial score (nSPS) is 25.5. The Balaban J connectivity index is 1.73. The highest BCUT2D eigenvalue weighted by Gasteiger charge is 2.36. The Morgan fingerprint density at radius 2 is 2.10 bits per heavy atom. The maximum Gasteiger partial charge on any atom is 0.244 e. The highest BCUT2D eigenvalue weighted by atomic mass is 32.2. The number of thiophene rings is 1. The molecule has 0 radical (unpaired) electrons. The molecule has 2 fully saturated rings. The molecule has 3 heterocycles. The van der Waals surface area contributed by atoms with Gasteiger partial charge in [-0.1, -0.05) is 0 Å². The molecule has 0 bridgehead atoms. The standard InChI is InChI=1S/C13H21N3O3S2/c14-9-12-13(2-8-20-12)21(17,18)16-3-1-11(10-16)15-4-6-19-7-5-15/h2,8,11H,1,3-7,9-10,14H2. The second-order valence-corrected chi connectivity index (χ2v) is 8.27. The third kappa shape index (κ3) is 3.01. The van der Waals surface area contributed by atoms with E-state index < -0.39 is 10.0 Å². The second-order valence-electron chi connectivity index (χ2n) is 5.37. The summed E-state index contributed by atoms with van der Waals surface area (Å²) in [5, 5.41) is 1.80. The molecule has 8 heteroatoms. The van der Waals surface area contributed by atoms with Crippen LogP contribution in [0.2, 0.25) is 0 Å². The molecule has 2 aliphatic heterocycles. The van der Waals surface area contributed by atoms with Gasteiger partial charge in [0.2, 0.25) is 10.0 Å². The fraction of sp³-hybridized carbons (Fsp3) is 0.692. The third-order valence-electron chi connectivity index (χ3n) is 4.20. The molecule has 3 rings (SSSR count). The molecule has 118 valence electrons. The lowest BCUT2D eigenvalue weighted by molar-refractivity contribution is 0.0197. The van der Waals surface area contributed by atoms with E-state index in [1.54, 1.807) is 15.8 Å². The van der Waals surface area contributed by atoms with E-state index in [0.29, 0.717) is 24.0 Å². The first kappa shape index (κ1) is 15.4. The summed E-state index contributed by atoms with van der Waals surface area (Å²) < 4.78 is 32.4. The van der Waals surface area contributed by atoms with E-state index in [0.717, 1.165) is 37.6 Å². The lowest BCUT2D eigenvalue weighted by atomic mass is 10.2. The zero-order valence-corrected chi connectivity index (χ0v) is 13.5. The quantitative estimate of drug-likeness (QED) is 0.859. The van der Waals surface area contributed by atoms with Gasteiger partial charge < -0.3 is 10.5 Å². The molecular formula is C13H21N3O3S2. The molecule has 1 aromatic rings. The van der Waals surface area contributed by atoms with Crippen LogP contribution in [-0.4, -0.2) is 63.1 Å². The van der Waals surface area contributed by atoms with Crippen molar-refractivity contribution < 1.29 is 13.2 Å². The minimum absolute atomic E-state index is 0.271. The van der Waals surface area contributed by atoms with E-state index >= 15 is 0 Å². The number of morpholine rings is 1. The monoisotopic (exact) mass is 331 g/mol. The van der Waals surface area contributed by atoms with Gasteiger partial charge in [-0.25, -0.2) is 8.42 Å². The highest BCUT2D eigenvalue weighted by molar-refractivity contribution is 7.89. The number of nitrogens with two attached hydrogens (primary N) is 1. The van der Waals surface area contributed by atoms with E-state index in [-0.39, 0.29) is 6.54 Å². The minimum atomic E-state index is -3.40. The lowest BCUT2D eigenvalue weighted by Gasteiger charge is -2.32. The van der Waals surface area contributed by atoms with Gasteiger partial charge in [0.05, 0.1) is 18.1 Å². The zero-order valence-electron chi connectivity index (χ0n) is 11.9. The molecule has 0 spiro atoms. The van der Waals surface area contributed by atoms with Crippen molar-refractivity contribution in [2.75, 3.05) is 39.4 Å². The molecule has 1 atom stereocenters. The van der Waals surface area contributed by atoms with Crippen molar-refractivity contribution >= 4 is 21.4 Å². The lowest BCUT2D eigenvalue weighted by Crippen LogP contribution is -2.45. The molecule has 2 saturated heterocycles. The Labute approximate surface area is 129 Å². The van der Waals surface area contributed by atoms with Gasteiger partial charge in [-0.3, -0.25) is 4.90 Å². The second kappa shape index (κ2) is 6.31. The predicted molar refractivity (Wildman–Crippen MR) is 81.8 cm³/mol. The highest BCUT2D eigenvalue weighted by Crippen LogP contribution is 2.28. The van der Waals surface area contributed by atoms with Crippen LogP contribution in [0.1, 0.15) is 11.3 Å². The largest absolute Gasteiger partial charge is 0.379 e. The van der Waals surface area contributed by atoms with Crippen molar-refractivity contribution in [3.8, 4) is 0 Å². The molecule has 1 aromatic heterocycles. The van der Waals surface area contributed by atoms with E-state index in [9.17, 15) is 8.42 Å². The summed E-state index contributed by atoms with van der Waals surface area (Å²) in [5.74, 6) is 0. The van der Waals surface area contributed by atoms with E-state index in [1.165, 1.54) is 11.3 Å². The average Bonchev–Trinajstić information content (AvgIpc) is 3.17. The molecule has 0 aromatic carbocycles. The van der Waals surface area contributed by atoms with E-state index in [2.05, 4.69) is 4.90 Å². The summed E-state index contributed by atoms with van der Waals surface area (Å²) in [4.78, 5) is 3.47. The Kier molecular flexibility index (Phi) is 4.63. The van der Waals surface area contributed by atoms with Crippen molar-refractivity contribution in [1.29, 1.82) is 0 Å². The summed E-state index contributed by atoms with van der Waals surface area (Å²) in [6, 6.07) is 1.98. The zero-order chi connectivity index (χ0) is 14.9. The van der Waals surface area contributed by atoms with Crippen molar-refractivity contribution in [3.05, 3.63) is 16.3 Å². The third-order valence-corrected chi connectivity index (χ3v) is 7.22. The molecule has 6 nitrogen and oxygen atoms in total. The molecule has 0 saturated carbocycles. The van der Waals surface area contributed by atoms with Gasteiger partial charge in [0, 0.05) is 43.6 Å². The summed E-state index contributed by atoms with van der Waals surface area (Å²) in [6.07, 6.45) is 0.890. The van der Waals surface area contributed by atoms with Crippen LogP contribution in [-0.2, 0) is 21.3 Å². The van der Waals surface area contributed by atoms with Crippen LogP contribution in [0, 0.1) is 0 Å². The maximum absolute atomic E-state index is 12.7. The molecule has 21 heavy (non-hydrogen) atoms. The number of hydrogen-bond donors (Lipinski definition) is 1. The van der Waals surface area contributed by atoms with Crippen LogP contribution in [0.4, 0.5) is 0 Å². The topological polar surface area (TPSA) is 75.9 Å². The Hall–Kier alpha value is -0.510. The Morgan fingerprint density at radius 1 is 1.33 bits per heavy atom. The van der Waals surface area contributed by atoms with Crippen LogP contribution >= 0.6 is 11.3 Å². The Bertz CT molecular complexity index is 581. The predicted octanol–water partition coefficient (Wildman–Crippen LogP) is 0.302. The number of rotatable bonds is 4. The molecule has 0 aliphatic carbocycles. The van der Waals surface area contributed by atoms with Crippen LogP contribution < -0.4 is 5.73 Å². The van der Waals surface area contributed by atoms with Crippen LogP contribution in [0.25, 0.3) is 0 Å². The van der Waals surface area contributed by atoms with Crippen LogP contribution in [0.5, 0.6) is 0 Å². The smallest absolute Gasteiger partial charge is 0.244 e. The van der Waals surface area contributed by atoms with E-state index in [4.69, 9.17) is 10.5 Å². The molecule has 0 amide bonds. The first-order valence-electron chi connectivity index (χ1n) is 7.21. The Morgan fingerprint density at radius 3 is 2.81 bits per heavy atom. The minimum Gasteiger partial charge on any atom is -0.379 e. The summed E-state index contributed by atoms with van der Waals surface area (Å²) in [7, 11) is -3.40. The van der Waals surface area contributed by atoms with Crippen LogP contribution in [0.3, 0.4) is 0 Å². The van der Waals surface area contributed by atoms with Gasteiger partial charge in [-0.15, -0.1) is 11.3 Å². The number of sulfonamides is 1. The first-order chi connectivity index (χ1) is 10.1. The molecule has 2 aliphatic rings. The molecule has 2 N–H and O–H groups in total. The van der Waals surface area contributed by atoms with Crippen molar-refractivity contribution in [2.45, 2.75) is 23.9 Å². The van der Waals surface area contributed by atoms with Crippen LogP contribution in [0.15, 0.2) is 16.3 Å². The van der Waals surface area contributed by atoms with Gasteiger partial charge in [-0.05, 0) is 17.9 Å². The van der Waals surface area contributed by atoms with Gasteiger partial charge in [0.1, 0.15) is 0 Å².